The largest absolute Gasteiger partial charge is 0.465 e. The maximum absolute atomic E-state index is 12.6. The van der Waals surface area contributed by atoms with E-state index in [1.54, 1.807) is 0 Å². The van der Waals surface area contributed by atoms with Crippen molar-refractivity contribution < 1.29 is 17.9 Å². The minimum Gasteiger partial charge on any atom is -0.465 e. The lowest BCUT2D eigenvalue weighted by molar-refractivity contribution is -0.137. The molecule has 1 atom stereocenters. The van der Waals surface area contributed by atoms with Crippen LogP contribution in [0.1, 0.15) is 37.7 Å². The van der Waals surface area contributed by atoms with Crippen molar-refractivity contribution in [3.63, 3.8) is 0 Å². The molecule has 1 aromatic heterocycles. The zero-order valence-electron chi connectivity index (χ0n) is 14.8. The molecule has 25 heavy (non-hydrogen) atoms. The summed E-state index contributed by atoms with van der Waals surface area (Å²) < 4.78 is 31.5. The summed E-state index contributed by atoms with van der Waals surface area (Å²) in [4.78, 5) is 22.8. The molecule has 0 amide bonds. The Hall–Kier alpha value is -1.74. The first-order chi connectivity index (χ1) is 11.8. The highest BCUT2D eigenvalue weighted by molar-refractivity contribution is 7.90. The first-order valence-corrected chi connectivity index (χ1v) is 10.1. The summed E-state index contributed by atoms with van der Waals surface area (Å²) in [6.07, 6.45) is 0.240. The fourth-order valence-corrected chi connectivity index (χ4v) is 4.83. The zero-order chi connectivity index (χ0) is 18.2. The summed E-state index contributed by atoms with van der Waals surface area (Å²) >= 11 is 0. The van der Waals surface area contributed by atoms with Gasteiger partial charge in [0.2, 0.25) is 10.0 Å². The lowest BCUT2D eigenvalue weighted by atomic mass is 10.2. The highest BCUT2D eigenvalue weighted by Gasteiger charge is 2.42. The molecule has 8 nitrogen and oxygen atoms in total. The van der Waals surface area contributed by atoms with Crippen LogP contribution in [0.25, 0.3) is 0 Å². The van der Waals surface area contributed by atoms with Crippen molar-refractivity contribution in [2.45, 2.75) is 38.4 Å². The number of esters is 1. The van der Waals surface area contributed by atoms with Crippen molar-refractivity contribution in [1.82, 2.24) is 14.3 Å². The first-order valence-electron chi connectivity index (χ1n) is 8.55. The number of carbonyl (C=O) groups excluding carboxylic acids is 1. The number of aryl methyl sites for hydroxylation is 1. The molecule has 0 bridgehead atoms. The Kier molecular flexibility index (Phi) is 4.97. The Balaban J connectivity index is 1.71. The van der Waals surface area contributed by atoms with Crippen LogP contribution in [-0.2, 0) is 19.6 Å². The van der Waals surface area contributed by atoms with Crippen molar-refractivity contribution in [3.05, 3.63) is 17.6 Å². The lowest BCUT2D eigenvalue weighted by Gasteiger charge is -2.35. The molecular weight excluding hydrogens is 344 g/mol. The molecule has 0 aliphatic carbocycles. The number of cyclic esters (lactones) is 1. The van der Waals surface area contributed by atoms with Gasteiger partial charge in [0, 0.05) is 50.3 Å². The Morgan fingerprint density at radius 3 is 2.44 bits per heavy atom. The summed E-state index contributed by atoms with van der Waals surface area (Å²) in [7, 11) is -3.65. The van der Waals surface area contributed by atoms with Gasteiger partial charge < -0.3 is 9.64 Å². The van der Waals surface area contributed by atoms with Crippen LogP contribution in [-0.4, -0.2) is 66.7 Å². The molecular formula is C16H24N4O4S. The van der Waals surface area contributed by atoms with Crippen LogP contribution in [0.3, 0.4) is 0 Å². The summed E-state index contributed by atoms with van der Waals surface area (Å²) in [5, 5.41) is -1.05. The highest BCUT2D eigenvalue weighted by atomic mass is 32.2. The number of nitrogens with zero attached hydrogens (tertiary/aromatic N) is 4. The van der Waals surface area contributed by atoms with Gasteiger partial charge in [0.15, 0.2) is 5.25 Å². The van der Waals surface area contributed by atoms with E-state index >= 15 is 0 Å². The molecule has 0 spiro atoms. The lowest BCUT2D eigenvalue weighted by Crippen LogP contribution is -2.52. The minimum atomic E-state index is -3.65. The van der Waals surface area contributed by atoms with Gasteiger partial charge in [-0.1, -0.05) is 13.8 Å². The predicted octanol–water partition coefficient (Wildman–Crippen LogP) is 0.676. The van der Waals surface area contributed by atoms with Gasteiger partial charge >= 0.3 is 5.97 Å². The summed E-state index contributed by atoms with van der Waals surface area (Å²) in [5.74, 6) is 1.22. The predicted molar refractivity (Wildman–Crippen MR) is 92.9 cm³/mol. The average Bonchev–Trinajstić information content (AvgIpc) is 3.01. The van der Waals surface area contributed by atoms with E-state index in [9.17, 15) is 13.2 Å². The number of aromatic nitrogens is 2. The highest BCUT2D eigenvalue weighted by Crippen LogP contribution is 2.23. The molecule has 0 aromatic carbocycles. The molecule has 0 radical (unpaired) electrons. The van der Waals surface area contributed by atoms with E-state index in [4.69, 9.17) is 4.74 Å². The molecule has 1 aromatic rings. The fourth-order valence-electron chi connectivity index (χ4n) is 3.09. The number of hydrogen-bond donors (Lipinski definition) is 0. The van der Waals surface area contributed by atoms with E-state index in [-0.39, 0.29) is 18.9 Å². The third-order valence-electron chi connectivity index (χ3n) is 4.54. The molecule has 138 valence electrons. The third kappa shape index (κ3) is 3.62. The normalized spacial score (nSPS) is 22.5. The summed E-state index contributed by atoms with van der Waals surface area (Å²) in [6.45, 7) is 7.96. The van der Waals surface area contributed by atoms with Gasteiger partial charge in [-0.2, -0.15) is 4.31 Å². The molecule has 2 aliphatic rings. The number of hydrogen-bond acceptors (Lipinski definition) is 7. The van der Waals surface area contributed by atoms with Crippen molar-refractivity contribution in [3.8, 4) is 0 Å². The molecule has 0 N–H and O–H groups in total. The standard InChI is InChI=1S/C16H24N4O4S/c1-11(2)15-17-12(3)10-14(18-15)19-5-7-20(8-6-19)25(22,23)13-4-9-24-16(13)21/h10-11,13H,4-9H2,1-3H3/t13-/m0/s1. The van der Waals surface area contributed by atoms with Crippen LogP contribution in [0.2, 0.25) is 0 Å². The number of piperazine rings is 1. The van der Waals surface area contributed by atoms with Gasteiger partial charge in [0.05, 0.1) is 6.61 Å². The Bertz CT molecular complexity index is 757. The topological polar surface area (TPSA) is 92.7 Å². The Labute approximate surface area is 148 Å². The van der Waals surface area contributed by atoms with E-state index in [2.05, 4.69) is 14.9 Å². The van der Waals surface area contributed by atoms with Crippen molar-refractivity contribution >= 4 is 21.8 Å². The van der Waals surface area contributed by atoms with E-state index in [0.29, 0.717) is 26.2 Å². The van der Waals surface area contributed by atoms with Crippen molar-refractivity contribution in [2.24, 2.45) is 0 Å². The van der Waals surface area contributed by atoms with Gasteiger partial charge in [-0.3, -0.25) is 4.79 Å². The van der Waals surface area contributed by atoms with Crippen molar-refractivity contribution in [1.29, 1.82) is 0 Å². The Morgan fingerprint density at radius 1 is 1.20 bits per heavy atom. The number of ether oxygens (including phenoxy) is 1. The third-order valence-corrected chi connectivity index (χ3v) is 6.78. The van der Waals surface area contributed by atoms with E-state index in [1.165, 1.54) is 4.31 Å². The SMILES string of the molecule is Cc1cc(N2CCN(S(=O)(=O)[C@H]3CCOC3=O)CC2)nc(C(C)C)n1. The van der Waals surface area contributed by atoms with E-state index in [1.807, 2.05) is 26.8 Å². The van der Waals surface area contributed by atoms with Gasteiger partial charge in [-0.05, 0) is 6.92 Å². The van der Waals surface area contributed by atoms with Crippen LogP contribution in [0, 0.1) is 6.92 Å². The van der Waals surface area contributed by atoms with Crippen LogP contribution < -0.4 is 4.90 Å². The Morgan fingerprint density at radius 2 is 1.88 bits per heavy atom. The first kappa shape index (κ1) is 18.1. The fraction of sp³-hybridized carbons (Fsp3) is 0.688. The second-order valence-electron chi connectivity index (χ2n) is 6.76. The molecule has 9 heteroatoms. The molecule has 2 aliphatic heterocycles. The number of rotatable bonds is 4. The van der Waals surface area contributed by atoms with Crippen LogP contribution >= 0.6 is 0 Å². The second-order valence-corrected chi connectivity index (χ2v) is 8.87. The van der Waals surface area contributed by atoms with Crippen LogP contribution in [0.4, 0.5) is 5.82 Å². The molecule has 2 fully saturated rings. The van der Waals surface area contributed by atoms with Crippen LogP contribution in [0.15, 0.2) is 6.07 Å². The molecule has 0 unspecified atom stereocenters. The smallest absolute Gasteiger partial charge is 0.325 e. The maximum atomic E-state index is 12.6. The van der Waals surface area contributed by atoms with Gasteiger partial charge in [0.1, 0.15) is 11.6 Å². The van der Waals surface area contributed by atoms with E-state index < -0.39 is 21.2 Å². The second kappa shape index (κ2) is 6.87. The van der Waals surface area contributed by atoms with E-state index in [0.717, 1.165) is 17.3 Å². The number of sulfonamides is 1. The molecule has 0 saturated carbocycles. The monoisotopic (exact) mass is 368 g/mol. The molecule has 3 rings (SSSR count). The average molecular weight is 368 g/mol. The number of anilines is 1. The number of carbonyl (C=O) groups is 1. The molecule has 3 heterocycles. The van der Waals surface area contributed by atoms with Crippen LogP contribution in [0.5, 0.6) is 0 Å². The summed E-state index contributed by atoms with van der Waals surface area (Å²) in [5.41, 5.74) is 0.900. The quantitative estimate of drug-likeness (QED) is 0.721. The van der Waals surface area contributed by atoms with Gasteiger partial charge in [-0.25, -0.2) is 18.4 Å². The summed E-state index contributed by atoms with van der Waals surface area (Å²) in [6, 6.07) is 1.92. The molecule has 2 saturated heterocycles. The van der Waals surface area contributed by atoms with Gasteiger partial charge in [0.25, 0.3) is 0 Å². The minimum absolute atomic E-state index is 0.181. The van der Waals surface area contributed by atoms with Crippen molar-refractivity contribution in [2.75, 3.05) is 37.7 Å². The maximum Gasteiger partial charge on any atom is 0.325 e. The zero-order valence-corrected chi connectivity index (χ0v) is 15.6. The van der Waals surface area contributed by atoms with Gasteiger partial charge in [-0.15, -0.1) is 0 Å².